The van der Waals surface area contributed by atoms with E-state index >= 15 is 0 Å². The predicted octanol–water partition coefficient (Wildman–Crippen LogP) is 4.80. The van der Waals surface area contributed by atoms with Gasteiger partial charge < -0.3 is 5.32 Å². The first-order valence-electron chi connectivity index (χ1n) is 7.72. The molecule has 0 saturated heterocycles. The fourth-order valence-electron chi connectivity index (χ4n) is 2.18. The van der Waals surface area contributed by atoms with Crippen molar-refractivity contribution in [2.75, 3.05) is 5.32 Å². The minimum atomic E-state index is -3.80. The van der Waals surface area contributed by atoms with Gasteiger partial charge in [-0.2, -0.15) is 5.26 Å². The zero-order chi connectivity index (χ0) is 21.8. The summed E-state index contributed by atoms with van der Waals surface area (Å²) < 4.78 is 23.3. The van der Waals surface area contributed by atoms with E-state index in [-0.39, 0.29) is 28.3 Å². The molecule has 0 spiro atoms. The number of anilines is 1. The van der Waals surface area contributed by atoms with E-state index in [9.17, 15) is 18.0 Å². The van der Waals surface area contributed by atoms with E-state index in [1.165, 1.54) is 30.3 Å². The van der Waals surface area contributed by atoms with Crippen LogP contribution < -0.4 is 5.32 Å². The second-order valence-corrected chi connectivity index (χ2v) is 16.4. The average molecular weight is 626 g/mol. The lowest BCUT2D eigenvalue weighted by Gasteiger charge is -2.14. The van der Waals surface area contributed by atoms with Crippen molar-refractivity contribution in [3.05, 3.63) is 51.4 Å². The summed E-state index contributed by atoms with van der Waals surface area (Å²) in [6.07, 6.45) is 3.21. The Bertz CT molecular complexity index is 1150. The number of nitriles is 1. The van der Waals surface area contributed by atoms with Gasteiger partial charge in [-0.3, -0.25) is 9.59 Å². The molecule has 0 aliphatic heterocycles. The third kappa shape index (κ3) is 5.80. The third-order valence-corrected chi connectivity index (χ3v) is 9.22. The summed E-state index contributed by atoms with van der Waals surface area (Å²) in [6.45, 7) is 0. The van der Waals surface area contributed by atoms with Gasteiger partial charge in [0.2, 0.25) is 11.3 Å². The molecule has 0 bridgehead atoms. The number of carbonyl (C=O) groups excluding carboxylic acids is 2. The van der Waals surface area contributed by atoms with Crippen LogP contribution in [0.25, 0.3) is 0 Å². The Kier molecular flexibility index (Phi) is 7.88. The van der Waals surface area contributed by atoms with Gasteiger partial charge >= 0.3 is 0 Å². The number of rotatable bonds is 4. The number of alkyl halides is 3. The van der Waals surface area contributed by atoms with Crippen LogP contribution in [0.5, 0.6) is 0 Å². The van der Waals surface area contributed by atoms with Crippen molar-refractivity contribution in [1.29, 1.82) is 5.26 Å². The topological polar surface area (TPSA) is 104 Å². The Hall–Kier alpha value is -1.43. The van der Waals surface area contributed by atoms with Crippen LogP contribution in [0.15, 0.2) is 40.8 Å². The first-order chi connectivity index (χ1) is 13.5. The number of Topliss-reactive ketones (excluding diaryl/α,β-unsaturated/α-hetero) is 1. The first-order valence-corrected chi connectivity index (χ1v) is 12.0. The zero-order valence-electron chi connectivity index (χ0n) is 14.3. The maximum Gasteiger partial charge on any atom is 0.263 e. The molecule has 11 heteroatoms. The van der Waals surface area contributed by atoms with Crippen molar-refractivity contribution in [1.82, 2.24) is 0 Å². The average Bonchev–Trinajstić information content (AvgIpc) is 2.59. The van der Waals surface area contributed by atoms with Crippen LogP contribution in [-0.4, -0.2) is 21.6 Å². The van der Waals surface area contributed by atoms with Crippen molar-refractivity contribution in [3.8, 4) is 17.9 Å². The molecule has 1 N–H and O–H groups in total. The molecule has 1 aliphatic rings. The molecule has 0 saturated carbocycles. The first kappa shape index (κ1) is 23.8. The number of amides is 1. The summed E-state index contributed by atoms with van der Waals surface area (Å²) in [6, 6.07) is 5.65. The van der Waals surface area contributed by atoms with E-state index in [0.29, 0.717) is 11.3 Å². The van der Waals surface area contributed by atoms with Gasteiger partial charge in [-0.25, -0.2) is 8.42 Å². The minimum Gasteiger partial charge on any atom is -0.322 e. The van der Waals surface area contributed by atoms with Gasteiger partial charge in [-0.1, -0.05) is 35.6 Å². The van der Waals surface area contributed by atoms with Crippen LogP contribution in [0.2, 0.25) is 5.02 Å². The molecule has 0 aromatic heterocycles. The summed E-state index contributed by atoms with van der Waals surface area (Å²) >= 11 is 14.9. The van der Waals surface area contributed by atoms with E-state index in [2.05, 4.69) is 64.9 Å². The Morgan fingerprint density at radius 3 is 2.52 bits per heavy atom. The summed E-state index contributed by atoms with van der Waals surface area (Å²) in [4.78, 5) is 23.8. The number of carbonyl (C=O) groups is 2. The minimum absolute atomic E-state index is 0.0390. The van der Waals surface area contributed by atoms with E-state index in [0.717, 1.165) is 0 Å². The second-order valence-electron chi connectivity index (χ2n) is 5.55. The third-order valence-electron chi connectivity index (χ3n) is 3.62. The Morgan fingerprint density at radius 2 is 1.93 bits per heavy atom. The second kappa shape index (κ2) is 9.59. The fraction of sp³-hybridized carbons (Fsp3) is 0.167. The smallest absolute Gasteiger partial charge is 0.263 e. The number of hydrogen-bond acceptors (Lipinski definition) is 5. The predicted molar refractivity (Wildman–Crippen MR) is 122 cm³/mol. The summed E-state index contributed by atoms with van der Waals surface area (Å²) in [7, 11) is -3.80. The quantitative estimate of drug-likeness (QED) is 0.224. The van der Waals surface area contributed by atoms with Crippen molar-refractivity contribution in [3.63, 3.8) is 0 Å². The molecule has 0 heterocycles. The number of benzene rings is 1. The van der Waals surface area contributed by atoms with Crippen molar-refractivity contribution in [2.24, 2.45) is 0 Å². The molecule has 0 unspecified atom stereocenters. The highest BCUT2D eigenvalue weighted by molar-refractivity contribution is 9.42. The molecule has 0 fully saturated rings. The lowest BCUT2D eigenvalue weighted by Crippen LogP contribution is -2.19. The number of hydrogen-bond donors (Lipinski definition) is 1. The number of halogens is 4. The number of ketones is 1. The molecule has 0 atom stereocenters. The van der Waals surface area contributed by atoms with Crippen LogP contribution in [0.1, 0.15) is 23.2 Å². The van der Waals surface area contributed by atoms with Crippen LogP contribution >= 0.6 is 59.4 Å². The van der Waals surface area contributed by atoms with Crippen LogP contribution in [-0.2, 0) is 14.6 Å². The van der Waals surface area contributed by atoms with Gasteiger partial charge in [0.1, 0.15) is 11.0 Å². The van der Waals surface area contributed by atoms with E-state index in [1.54, 1.807) is 6.08 Å². The number of nitrogens with one attached hydrogen (secondary N) is 1. The van der Waals surface area contributed by atoms with Crippen molar-refractivity contribution < 1.29 is 18.0 Å². The van der Waals surface area contributed by atoms with Crippen LogP contribution in [0.3, 0.4) is 0 Å². The number of sulfone groups is 1. The lowest BCUT2D eigenvalue weighted by molar-refractivity contribution is -0.112. The molecule has 6 nitrogen and oxygen atoms in total. The molecule has 1 aromatic rings. The van der Waals surface area contributed by atoms with Gasteiger partial charge in [-0.05, 0) is 72.4 Å². The lowest BCUT2D eigenvalue weighted by atomic mass is 10.1. The van der Waals surface area contributed by atoms with Crippen LogP contribution in [0.4, 0.5) is 5.69 Å². The maximum absolute atomic E-state index is 12.5. The van der Waals surface area contributed by atoms with Gasteiger partial charge in [0, 0.05) is 17.7 Å². The largest absolute Gasteiger partial charge is 0.322 e. The highest BCUT2D eigenvalue weighted by Crippen LogP contribution is 2.43. The Balaban J connectivity index is 2.18. The summed E-state index contributed by atoms with van der Waals surface area (Å²) in [5.41, 5.74) is 0.733. The molecule has 1 amide bonds. The SMILES string of the molecule is N#CC(=O)c1ccc(NC(=O)/C2=C/C/C=C(/S(=O)(=O)C(Br)(Br)Br)C#CC2)cc1Cl. The zero-order valence-corrected chi connectivity index (χ0v) is 20.6. The van der Waals surface area contributed by atoms with Gasteiger partial charge in [0.25, 0.3) is 11.7 Å². The molecule has 1 aliphatic carbocycles. The van der Waals surface area contributed by atoms with Crippen molar-refractivity contribution in [2.45, 2.75) is 14.3 Å². The molecule has 150 valence electrons. The standard InChI is InChI=1S/C18H10Br3ClN2O4S/c19-18(20,21)29(27,28)13-5-1-3-11(4-2-6-13)17(26)24-12-7-8-14(15(22)9-12)16(25)10-23/h3,5,7-9H,1,4H2,(H,24,26)/b11-3+,13-5+. The highest BCUT2D eigenvalue weighted by Gasteiger charge is 2.38. The normalized spacial score (nSPS) is 17.8. The van der Waals surface area contributed by atoms with Crippen LogP contribution in [0, 0.1) is 23.2 Å². The number of nitrogens with zero attached hydrogens (tertiary/aromatic N) is 1. The highest BCUT2D eigenvalue weighted by atomic mass is 80.0. The van der Waals surface area contributed by atoms with E-state index in [4.69, 9.17) is 16.9 Å². The summed E-state index contributed by atoms with van der Waals surface area (Å²) in [5.74, 6) is 4.04. The maximum atomic E-state index is 12.5. The molecule has 0 radical (unpaired) electrons. The van der Waals surface area contributed by atoms with Gasteiger partial charge in [-0.15, -0.1) is 0 Å². The van der Waals surface area contributed by atoms with Gasteiger partial charge in [0.05, 0.1) is 10.6 Å². The van der Waals surface area contributed by atoms with E-state index in [1.807, 2.05) is 0 Å². The molecular formula is C18H10Br3ClN2O4S. The Labute approximate surface area is 197 Å². The van der Waals surface area contributed by atoms with E-state index < -0.39 is 23.0 Å². The molecule has 2 rings (SSSR count). The fourth-order valence-corrected chi connectivity index (χ4v) is 4.79. The number of allylic oxidation sites excluding steroid dienone is 3. The molecule has 1 aromatic carbocycles. The van der Waals surface area contributed by atoms with Crippen molar-refractivity contribution >= 4 is 86.6 Å². The molecular weight excluding hydrogens is 615 g/mol. The summed E-state index contributed by atoms with van der Waals surface area (Å²) in [5, 5.41) is 11.3. The monoisotopic (exact) mass is 622 g/mol. The molecule has 29 heavy (non-hydrogen) atoms. The van der Waals surface area contributed by atoms with Gasteiger partial charge in [0.15, 0.2) is 0 Å². The Morgan fingerprint density at radius 1 is 1.24 bits per heavy atom.